The summed E-state index contributed by atoms with van der Waals surface area (Å²) in [5.41, 5.74) is 2.51. The van der Waals surface area contributed by atoms with Gasteiger partial charge in [0.2, 0.25) is 0 Å². The lowest BCUT2D eigenvalue weighted by atomic mass is 9.99. The molecule has 0 amide bonds. The number of para-hydroxylation sites is 1. The van der Waals surface area contributed by atoms with Gasteiger partial charge in [-0.05, 0) is 44.5 Å². The molecule has 16 heavy (non-hydrogen) atoms. The average molecular weight is 232 g/mol. The zero-order valence-electron chi connectivity index (χ0n) is 9.49. The number of fused-ring (bicyclic) bond motifs is 1. The summed E-state index contributed by atoms with van der Waals surface area (Å²) in [4.78, 5) is 4.83. The van der Waals surface area contributed by atoms with Crippen molar-refractivity contribution in [3.05, 3.63) is 28.8 Å². The van der Waals surface area contributed by atoms with Gasteiger partial charge >= 0.3 is 0 Å². The predicted octanol–water partition coefficient (Wildman–Crippen LogP) is 3.07. The maximum absolute atomic E-state index is 4.83. The summed E-state index contributed by atoms with van der Waals surface area (Å²) in [6.07, 6.45) is 2.47. The van der Waals surface area contributed by atoms with Crippen LogP contribution in [0.1, 0.15) is 29.3 Å². The maximum Gasteiger partial charge on any atom is 0.0970 e. The summed E-state index contributed by atoms with van der Waals surface area (Å²) in [6.45, 7) is 4.42. The third kappa shape index (κ3) is 1.74. The van der Waals surface area contributed by atoms with E-state index >= 15 is 0 Å². The topological polar surface area (TPSA) is 24.9 Å². The molecule has 3 rings (SSSR count). The van der Waals surface area contributed by atoms with E-state index in [-0.39, 0.29) is 0 Å². The summed E-state index contributed by atoms with van der Waals surface area (Å²) in [5, 5.41) is 4.75. The van der Waals surface area contributed by atoms with Gasteiger partial charge in [0.25, 0.3) is 0 Å². The van der Waals surface area contributed by atoms with Gasteiger partial charge in [0, 0.05) is 5.92 Å². The Morgan fingerprint density at radius 1 is 1.31 bits per heavy atom. The first-order valence-electron chi connectivity index (χ1n) is 5.91. The molecule has 0 saturated carbocycles. The van der Waals surface area contributed by atoms with Crippen molar-refractivity contribution < 1.29 is 0 Å². The van der Waals surface area contributed by atoms with E-state index in [1.807, 2.05) is 11.3 Å². The van der Waals surface area contributed by atoms with Crippen molar-refractivity contribution in [2.24, 2.45) is 0 Å². The Hall–Kier alpha value is -0.930. The number of nitrogens with zero attached hydrogens (tertiary/aromatic N) is 1. The molecule has 1 saturated heterocycles. The lowest BCUT2D eigenvalue weighted by Crippen LogP contribution is -2.26. The summed E-state index contributed by atoms with van der Waals surface area (Å²) in [7, 11) is 0. The van der Waals surface area contributed by atoms with Gasteiger partial charge in [0.05, 0.1) is 15.2 Å². The van der Waals surface area contributed by atoms with Crippen molar-refractivity contribution in [1.82, 2.24) is 10.3 Å². The van der Waals surface area contributed by atoms with Crippen molar-refractivity contribution in [2.75, 3.05) is 13.1 Å². The van der Waals surface area contributed by atoms with Crippen LogP contribution in [-0.4, -0.2) is 18.1 Å². The zero-order chi connectivity index (χ0) is 11.0. The second-order valence-electron chi connectivity index (χ2n) is 4.50. The van der Waals surface area contributed by atoms with Gasteiger partial charge < -0.3 is 5.32 Å². The summed E-state index contributed by atoms with van der Waals surface area (Å²) in [5.74, 6) is 0.679. The third-order valence-electron chi connectivity index (χ3n) is 3.33. The Bertz CT molecular complexity index is 498. The maximum atomic E-state index is 4.83. The molecule has 2 heterocycles. The van der Waals surface area contributed by atoms with Crippen LogP contribution in [0.4, 0.5) is 0 Å². The Morgan fingerprint density at radius 2 is 2.12 bits per heavy atom. The first-order valence-corrected chi connectivity index (χ1v) is 6.73. The van der Waals surface area contributed by atoms with Gasteiger partial charge in [-0.25, -0.2) is 4.98 Å². The van der Waals surface area contributed by atoms with Crippen molar-refractivity contribution in [3.63, 3.8) is 0 Å². The first kappa shape index (κ1) is 10.2. The third-order valence-corrected chi connectivity index (χ3v) is 4.51. The minimum Gasteiger partial charge on any atom is -0.317 e. The van der Waals surface area contributed by atoms with E-state index in [0.29, 0.717) is 5.92 Å². The monoisotopic (exact) mass is 232 g/mol. The highest BCUT2D eigenvalue weighted by molar-refractivity contribution is 7.18. The molecule has 2 nitrogen and oxygen atoms in total. The van der Waals surface area contributed by atoms with Gasteiger partial charge in [-0.3, -0.25) is 0 Å². The Balaban J connectivity index is 2.01. The van der Waals surface area contributed by atoms with E-state index in [1.165, 1.54) is 33.6 Å². The van der Waals surface area contributed by atoms with E-state index in [0.717, 1.165) is 13.1 Å². The molecular formula is C13H16N2S. The molecule has 0 aliphatic carbocycles. The van der Waals surface area contributed by atoms with Crippen LogP contribution in [0.3, 0.4) is 0 Å². The van der Waals surface area contributed by atoms with E-state index in [2.05, 4.69) is 30.4 Å². The van der Waals surface area contributed by atoms with Crippen LogP contribution in [0.2, 0.25) is 0 Å². The summed E-state index contributed by atoms with van der Waals surface area (Å²) in [6, 6.07) is 6.46. The van der Waals surface area contributed by atoms with Gasteiger partial charge in [-0.1, -0.05) is 12.1 Å². The molecule has 0 atom stereocenters. The SMILES string of the molecule is Cc1cccc2sc(C3CCNCC3)nc12. The Morgan fingerprint density at radius 3 is 2.88 bits per heavy atom. The lowest BCUT2D eigenvalue weighted by molar-refractivity contribution is 0.459. The van der Waals surface area contributed by atoms with E-state index in [9.17, 15) is 0 Å². The fourth-order valence-electron chi connectivity index (χ4n) is 2.35. The molecule has 1 aliphatic rings. The number of benzene rings is 1. The second kappa shape index (κ2) is 4.15. The quantitative estimate of drug-likeness (QED) is 0.817. The highest BCUT2D eigenvalue weighted by atomic mass is 32.1. The number of thiazole rings is 1. The van der Waals surface area contributed by atoms with Crippen LogP contribution < -0.4 is 5.32 Å². The van der Waals surface area contributed by atoms with E-state index < -0.39 is 0 Å². The zero-order valence-corrected chi connectivity index (χ0v) is 10.3. The minimum atomic E-state index is 0.679. The number of aryl methyl sites for hydroxylation is 1. The number of hydrogen-bond acceptors (Lipinski definition) is 3. The molecule has 1 aromatic heterocycles. The Labute approximate surface area is 99.7 Å². The molecule has 84 valence electrons. The molecule has 1 aliphatic heterocycles. The summed E-state index contributed by atoms with van der Waals surface area (Å²) >= 11 is 1.88. The van der Waals surface area contributed by atoms with Crippen LogP contribution in [0, 0.1) is 6.92 Å². The number of aromatic nitrogens is 1. The van der Waals surface area contributed by atoms with Gasteiger partial charge in [-0.15, -0.1) is 11.3 Å². The molecule has 0 bridgehead atoms. The molecule has 0 unspecified atom stereocenters. The second-order valence-corrected chi connectivity index (χ2v) is 5.56. The van der Waals surface area contributed by atoms with Crippen molar-refractivity contribution in [1.29, 1.82) is 0 Å². The highest BCUT2D eigenvalue weighted by Gasteiger charge is 2.19. The van der Waals surface area contributed by atoms with Crippen molar-refractivity contribution in [3.8, 4) is 0 Å². The van der Waals surface area contributed by atoms with Gasteiger partial charge in [-0.2, -0.15) is 0 Å². The Kier molecular flexibility index (Phi) is 2.65. The first-order chi connectivity index (χ1) is 7.84. The summed E-state index contributed by atoms with van der Waals surface area (Å²) < 4.78 is 1.34. The number of piperidine rings is 1. The number of nitrogens with one attached hydrogen (secondary N) is 1. The molecule has 0 spiro atoms. The van der Waals surface area contributed by atoms with Gasteiger partial charge in [0.15, 0.2) is 0 Å². The molecule has 1 fully saturated rings. The largest absolute Gasteiger partial charge is 0.317 e. The van der Waals surface area contributed by atoms with E-state index in [1.54, 1.807) is 0 Å². The van der Waals surface area contributed by atoms with Gasteiger partial charge in [0.1, 0.15) is 0 Å². The van der Waals surface area contributed by atoms with Crippen LogP contribution in [0.25, 0.3) is 10.2 Å². The highest BCUT2D eigenvalue weighted by Crippen LogP contribution is 2.33. The smallest absolute Gasteiger partial charge is 0.0970 e. The fraction of sp³-hybridized carbons (Fsp3) is 0.462. The molecule has 1 aromatic carbocycles. The number of rotatable bonds is 1. The molecule has 2 aromatic rings. The van der Waals surface area contributed by atoms with Crippen LogP contribution in [0.5, 0.6) is 0 Å². The molecule has 0 radical (unpaired) electrons. The van der Waals surface area contributed by atoms with E-state index in [4.69, 9.17) is 4.98 Å². The molecular weight excluding hydrogens is 216 g/mol. The fourth-order valence-corrected chi connectivity index (χ4v) is 3.56. The molecule has 1 N–H and O–H groups in total. The normalized spacial score (nSPS) is 18.1. The average Bonchev–Trinajstić information content (AvgIpc) is 2.76. The minimum absolute atomic E-state index is 0.679. The van der Waals surface area contributed by atoms with Crippen LogP contribution in [-0.2, 0) is 0 Å². The molecule has 3 heteroatoms. The predicted molar refractivity (Wildman–Crippen MR) is 69.2 cm³/mol. The van der Waals surface area contributed by atoms with Crippen LogP contribution in [0.15, 0.2) is 18.2 Å². The van der Waals surface area contributed by atoms with Crippen LogP contribution >= 0.6 is 11.3 Å². The van der Waals surface area contributed by atoms with Crippen molar-refractivity contribution >= 4 is 21.6 Å². The lowest BCUT2D eigenvalue weighted by Gasteiger charge is -2.20. The standard InChI is InChI=1S/C13H16N2S/c1-9-3-2-4-11-12(9)15-13(16-11)10-5-7-14-8-6-10/h2-4,10,14H,5-8H2,1H3. The van der Waals surface area contributed by atoms with Crippen molar-refractivity contribution in [2.45, 2.75) is 25.7 Å². The number of hydrogen-bond donors (Lipinski definition) is 1.